The van der Waals surface area contributed by atoms with E-state index in [4.69, 9.17) is 4.74 Å². The maximum absolute atomic E-state index is 11.7. The van der Waals surface area contributed by atoms with Gasteiger partial charge < -0.3 is 9.64 Å². The average molecular weight is 330 g/mol. The normalized spacial score (nSPS) is 14.2. The number of anilines is 2. The van der Waals surface area contributed by atoms with Crippen LogP contribution in [-0.4, -0.2) is 44.5 Å². The number of carbonyl (C=O) groups excluding carboxylic acids is 1. The fourth-order valence-corrected chi connectivity index (χ4v) is 2.24. The topological polar surface area (TPSA) is 85.2 Å². The Hall–Kier alpha value is -2.64. The van der Waals surface area contributed by atoms with Crippen molar-refractivity contribution >= 4 is 17.6 Å². The molecule has 1 fully saturated rings. The Morgan fingerprint density at radius 2 is 2.04 bits per heavy atom. The molecule has 0 aromatic carbocycles. The van der Waals surface area contributed by atoms with Crippen LogP contribution in [0.4, 0.5) is 16.3 Å². The lowest BCUT2D eigenvalue weighted by molar-refractivity contribution is 0.0636. The van der Waals surface area contributed by atoms with E-state index in [2.05, 4.69) is 25.3 Å². The number of ether oxygens (including phenoxy) is 1. The summed E-state index contributed by atoms with van der Waals surface area (Å²) in [7, 11) is 0. The van der Waals surface area contributed by atoms with Gasteiger partial charge in [0, 0.05) is 19.3 Å². The number of aromatic nitrogens is 4. The summed E-state index contributed by atoms with van der Waals surface area (Å²) in [6.45, 7) is 8.04. The highest BCUT2D eigenvalue weighted by Crippen LogP contribution is 2.16. The third-order valence-corrected chi connectivity index (χ3v) is 3.47. The molecule has 8 nitrogen and oxygen atoms in total. The van der Waals surface area contributed by atoms with E-state index in [1.807, 2.05) is 20.8 Å². The van der Waals surface area contributed by atoms with Gasteiger partial charge in [0.15, 0.2) is 0 Å². The molecule has 0 saturated carbocycles. The second-order valence-electron chi connectivity index (χ2n) is 6.76. The van der Waals surface area contributed by atoms with Gasteiger partial charge in [-0.3, -0.25) is 15.0 Å². The summed E-state index contributed by atoms with van der Waals surface area (Å²) >= 11 is 0. The van der Waals surface area contributed by atoms with Gasteiger partial charge in [-0.05, 0) is 27.2 Å². The predicted octanol–water partition coefficient (Wildman–Crippen LogP) is 2.28. The number of amides is 1. The molecule has 0 bridgehead atoms. The van der Waals surface area contributed by atoms with E-state index >= 15 is 0 Å². The molecule has 0 unspecified atom stereocenters. The summed E-state index contributed by atoms with van der Waals surface area (Å²) in [5.41, 5.74) is 0.856. The molecular formula is C16H22N6O2. The van der Waals surface area contributed by atoms with Crippen molar-refractivity contribution < 1.29 is 9.53 Å². The van der Waals surface area contributed by atoms with Crippen LogP contribution in [0.2, 0.25) is 0 Å². The maximum Gasteiger partial charge on any atom is 0.412 e. The second-order valence-corrected chi connectivity index (χ2v) is 6.76. The second kappa shape index (κ2) is 6.46. The van der Waals surface area contributed by atoms with Gasteiger partial charge in [-0.15, -0.1) is 0 Å². The Balaban J connectivity index is 1.56. The summed E-state index contributed by atoms with van der Waals surface area (Å²) in [5.74, 6) is 0.915. The predicted molar refractivity (Wildman–Crippen MR) is 90.0 cm³/mol. The highest BCUT2D eigenvalue weighted by atomic mass is 16.6. The van der Waals surface area contributed by atoms with Crippen molar-refractivity contribution in [3.05, 3.63) is 30.5 Å². The van der Waals surface area contributed by atoms with Crippen molar-refractivity contribution in [1.82, 2.24) is 19.7 Å². The molecular weight excluding hydrogens is 308 g/mol. The number of rotatable bonds is 4. The SMILES string of the molecule is CC(C)(C)OC(=O)Nc1cnn(Cc2cnc(N3CCC3)cn2)c1. The average Bonchev–Trinajstić information content (AvgIpc) is 2.84. The highest BCUT2D eigenvalue weighted by molar-refractivity contribution is 5.84. The summed E-state index contributed by atoms with van der Waals surface area (Å²) < 4.78 is 6.90. The molecule has 0 radical (unpaired) electrons. The molecule has 1 N–H and O–H groups in total. The molecule has 0 atom stereocenters. The number of hydrogen-bond donors (Lipinski definition) is 1. The van der Waals surface area contributed by atoms with Gasteiger partial charge in [0.2, 0.25) is 0 Å². The van der Waals surface area contributed by atoms with Crippen LogP contribution in [-0.2, 0) is 11.3 Å². The van der Waals surface area contributed by atoms with Crippen molar-refractivity contribution in [2.45, 2.75) is 39.3 Å². The minimum Gasteiger partial charge on any atom is -0.444 e. The molecule has 0 spiro atoms. The van der Waals surface area contributed by atoms with Crippen molar-refractivity contribution in [2.75, 3.05) is 23.3 Å². The van der Waals surface area contributed by atoms with Crippen molar-refractivity contribution in [2.24, 2.45) is 0 Å². The standard InChI is InChI=1S/C16H22N6O2/c1-16(2,3)24-15(23)20-13-8-19-22(11-13)10-12-7-18-14(9-17-12)21-5-4-6-21/h7-9,11H,4-6,10H2,1-3H3,(H,20,23). The molecule has 1 saturated heterocycles. The van der Waals surface area contributed by atoms with Crippen LogP contribution in [0.3, 0.4) is 0 Å². The van der Waals surface area contributed by atoms with Crippen molar-refractivity contribution in [3.63, 3.8) is 0 Å². The van der Waals surface area contributed by atoms with Gasteiger partial charge in [0.25, 0.3) is 0 Å². The molecule has 24 heavy (non-hydrogen) atoms. The Kier molecular flexibility index (Phi) is 4.37. The molecule has 3 rings (SSSR count). The first-order valence-corrected chi connectivity index (χ1v) is 7.97. The number of nitrogens with one attached hydrogen (secondary N) is 1. The van der Waals surface area contributed by atoms with Crippen LogP contribution >= 0.6 is 0 Å². The molecule has 2 aromatic heterocycles. The van der Waals surface area contributed by atoms with Crippen LogP contribution in [0.5, 0.6) is 0 Å². The van der Waals surface area contributed by atoms with Gasteiger partial charge >= 0.3 is 6.09 Å². The number of nitrogens with zero attached hydrogens (tertiary/aromatic N) is 5. The first-order chi connectivity index (χ1) is 11.4. The molecule has 128 valence electrons. The largest absolute Gasteiger partial charge is 0.444 e. The lowest BCUT2D eigenvalue weighted by Crippen LogP contribution is -2.37. The highest BCUT2D eigenvalue weighted by Gasteiger charge is 2.17. The van der Waals surface area contributed by atoms with E-state index in [1.165, 1.54) is 6.42 Å². The lowest BCUT2D eigenvalue weighted by Gasteiger charge is -2.31. The maximum atomic E-state index is 11.7. The lowest BCUT2D eigenvalue weighted by atomic mass is 10.2. The van der Waals surface area contributed by atoms with Gasteiger partial charge in [-0.25, -0.2) is 9.78 Å². The smallest absolute Gasteiger partial charge is 0.412 e. The molecule has 0 aliphatic carbocycles. The molecule has 1 aliphatic rings. The summed E-state index contributed by atoms with van der Waals surface area (Å²) in [4.78, 5) is 22.8. The molecule has 1 amide bonds. The van der Waals surface area contributed by atoms with Gasteiger partial charge in [-0.1, -0.05) is 0 Å². The fourth-order valence-electron chi connectivity index (χ4n) is 2.24. The molecule has 3 heterocycles. The van der Waals surface area contributed by atoms with Gasteiger partial charge in [0.1, 0.15) is 11.4 Å². The van der Waals surface area contributed by atoms with Crippen LogP contribution in [0, 0.1) is 0 Å². The molecule has 2 aromatic rings. The number of hydrogen-bond acceptors (Lipinski definition) is 6. The Morgan fingerprint density at radius 1 is 1.25 bits per heavy atom. The third-order valence-electron chi connectivity index (χ3n) is 3.47. The van der Waals surface area contributed by atoms with Crippen molar-refractivity contribution in [3.8, 4) is 0 Å². The quantitative estimate of drug-likeness (QED) is 0.926. The van der Waals surface area contributed by atoms with Gasteiger partial charge in [0.05, 0.1) is 36.5 Å². The van der Waals surface area contributed by atoms with E-state index in [1.54, 1.807) is 29.5 Å². The van der Waals surface area contributed by atoms with E-state index in [-0.39, 0.29) is 0 Å². The Labute approximate surface area is 140 Å². The zero-order valence-electron chi connectivity index (χ0n) is 14.2. The van der Waals surface area contributed by atoms with Crippen LogP contribution < -0.4 is 10.2 Å². The molecule has 8 heteroatoms. The van der Waals surface area contributed by atoms with E-state index in [0.717, 1.165) is 24.6 Å². The van der Waals surface area contributed by atoms with E-state index < -0.39 is 11.7 Å². The number of carbonyl (C=O) groups is 1. The molecule has 1 aliphatic heterocycles. The third kappa shape index (κ3) is 4.21. The zero-order valence-corrected chi connectivity index (χ0v) is 14.2. The van der Waals surface area contributed by atoms with Crippen LogP contribution in [0.15, 0.2) is 24.8 Å². The van der Waals surface area contributed by atoms with E-state index in [9.17, 15) is 4.79 Å². The fraction of sp³-hybridized carbons (Fsp3) is 0.500. The minimum absolute atomic E-state index is 0.489. The summed E-state index contributed by atoms with van der Waals surface area (Å²) in [5, 5.41) is 6.87. The summed E-state index contributed by atoms with van der Waals surface area (Å²) in [6.07, 6.45) is 7.57. The van der Waals surface area contributed by atoms with Gasteiger partial charge in [-0.2, -0.15) is 5.10 Å². The zero-order chi connectivity index (χ0) is 17.2. The first-order valence-electron chi connectivity index (χ1n) is 7.97. The minimum atomic E-state index is -0.534. The monoisotopic (exact) mass is 330 g/mol. The van der Waals surface area contributed by atoms with E-state index in [0.29, 0.717) is 12.2 Å². The Bertz CT molecular complexity index is 700. The van der Waals surface area contributed by atoms with Crippen LogP contribution in [0.1, 0.15) is 32.9 Å². The first kappa shape index (κ1) is 16.2. The van der Waals surface area contributed by atoms with Crippen molar-refractivity contribution in [1.29, 1.82) is 0 Å². The summed E-state index contributed by atoms with van der Waals surface area (Å²) in [6, 6.07) is 0. The Morgan fingerprint density at radius 3 is 2.62 bits per heavy atom. The van der Waals surface area contributed by atoms with Crippen LogP contribution in [0.25, 0.3) is 0 Å².